The number of nitrogens with zero attached hydrogens (tertiary/aromatic N) is 1. The van der Waals surface area contributed by atoms with E-state index < -0.39 is 21.8 Å². The Bertz CT molecular complexity index is 641. The lowest BCUT2D eigenvalue weighted by Gasteiger charge is -2.34. The zero-order valence-electron chi connectivity index (χ0n) is 12.7. The second kappa shape index (κ2) is 6.20. The van der Waals surface area contributed by atoms with Gasteiger partial charge in [-0.2, -0.15) is 17.5 Å². The van der Waals surface area contributed by atoms with Gasteiger partial charge in [-0.05, 0) is 43.9 Å². The van der Waals surface area contributed by atoms with Crippen molar-refractivity contribution in [2.24, 2.45) is 0 Å². The number of hydrogen-bond donors (Lipinski definition) is 0. The number of piperidine rings is 1. The predicted octanol–water partition coefficient (Wildman–Crippen LogP) is 3.97. The molecule has 124 valence electrons. The van der Waals surface area contributed by atoms with Crippen LogP contribution in [-0.4, -0.2) is 25.3 Å². The molecule has 7 heteroatoms. The molecule has 1 saturated heterocycles. The minimum Gasteiger partial charge on any atom is -0.207 e. The molecule has 1 aromatic rings. The van der Waals surface area contributed by atoms with Crippen molar-refractivity contribution in [2.75, 3.05) is 6.54 Å². The van der Waals surface area contributed by atoms with E-state index >= 15 is 0 Å². The summed E-state index contributed by atoms with van der Waals surface area (Å²) >= 11 is 0. The van der Waals surface area contributed by atoms with Crippen LogP contribution in [-0.2, 0) is 16.2 Å². The Morgan fingerprint density at radius 3 is 2.55 bits per heavy atom. The lowest BCUT2D eigenvalue weighted by molar-refractivity contribution is -0.138. The van der Waals surface area contributed by atoms with E-state index in [1.165, 1.54) is 23.4 Å². The quantitative estimate of drug-likeness (QED) is 0.838. The van der Waals surface area contributed by atoms with Gasteiger partial charge in [0.05, 0.1) is 10.5 Å². The van der Waals surface area contributed by atoms with Crippen molar-refractivity contribution in [2.45, 2.75) is 56.6 Å². The van der Waals surface area contributed by atoms with E-state index in [9.17, 15) is 21.6 Å². The Morgan fingerprint density at radius 2 is 1.95 bits per heavy atom. The normalized spacial score (nSPS) is 21.0. The number of aryl methyl sites for hydroxylation is 1. The van der Waals surface area contributed by atoms with Crippen molar-refractivity contribution in [3.05, 3.63) is 29.3 Å². The summed E-state index contributed by atoms with van der Waals surface area (Å²) in [6.45, 7) is 3.60. The lowest BCUT2D eigenvalue weighted by atomic mass is 10.0. The van der Waals surface area contributed by atoms with Gasteiger partial charge in [0.25, 0.3) is 0 Å². The zero-order valence-corrected chi connectivity index (χ0v) is 13.5. The van der Waals surface area contributed by atoms with E-state index in [1.54, 1.807) is 0 Å². The SMILES string of the molecule is CC[C@H]1CCCCN1S(=O)(=O)c1ccc(C)c(C(F)(F)F)c1. The fourth-order valence-corrected chi connectivity index (χ4v) is 4.69. The molecule has 0 N–H and O–H groups in total. The van der Waals surface area contributed by atoms with E-state index in [2.05, 4.69) is 0 Å². The number of halogens is 3. The summed E-state index contributed by atoms with van der Waals surface area (Å²) < 4.78 is 65.8. The molecule has 0 saturated carbocycles. The molecular weight excluding hydrogens is 315 g/mol. The van der Waals surface area contributed by atoms with Crippen LogP contribution >= 0.6 is 0 Å². The summed E-state index contributed by atoms with van der Waals surface area (Å²) in [5.74, 6) is 0. The lowest BCUT2D eigenvalue weighted by Crippen LogP contribution is -2.43. The van der Waals surface area contributed by atoms with Gasteiger partial charge in [0.1, 0.15) is 0 Å². The average molecular weight is 335 g/mol. The second-order valence-electron chi connectivity index (χ2n) is 5.65. The molecule has 0 aliphatic carbocycles. The standard InChI is InChI=1S/C15H20F3NO2S/c1-3-12-6-4-5-9-19(12)22(20,21)13-8-7-11(2)14(10-13)15(16,17)18/h7-8,10,12H,3-6,9H2,1-2H3/t12-/m0/s1. The Balaban J connectivity index is 2.45. The zero-order chi connectivity index (χ0) is 16.5. The van der Waals surface area contributed by atoms with Crippen molar-refractivity contribution < 1.29 is 21.6 Å². The van der Waals surface area contributed by atoms with Crippen LogP contribution in [0.4, 0.5) is 13.2 Å². The number of hydrogen-bond acceptors (Lipinski definition) is 2. The summed E-state index contributed by atoms with van der Waals surface area (Å²) in [4.78, 5) is -0.272. The molecule has 22 heavy (non-hydrogen) atoms. The molecule has 1 fully saturated rings. The molecule has 1 aliphatic heterocycles. The molecule has 0 aromatic heterocycles. The first-order chi connectivity index (χ1) is 10.2. The molecule has 1 heterocycles. The first-order valence-corrected chi connectivity index (χ1v) is 8.81. The molecule has 0 unspecified atom stereocenters. The van der Waals surface area contributed by atoms with Crippen LogP contribution in [0.25, 0.3) is 0 Å². The predicted molar refractivity (Wildman–Crippen MR) is 78.0 cm³/mol. The molecule has 2 rings (SSSR count). The molecule has 0 spiro atoms. The maximum atomic E-state index is 13.0. The van der Waals surface area contributed by atoms with Crippen LogP contribution in [0, 0.1) is 6.92 Å². The minimum atomic E-state index is -4.55. The first-order valence-electron chi connectivity index (χ1n) is 7.37. The van der Waals surface area contributed by atoms with Crippen LogP contribution in [0.15, 0.2) is 23.1 Å². The van der Waals surface area contributed by atoms with Crippen LogP contribution in [0.5, 0.6) is 0 Å². The summed E-state index contributed by atoms with van der Waals surface area (Å²) in [7, 11) is -3.89. The largest absolute Gasteiger partial charge is 0.416 e. The van der Waals surface area contributed by atoms with Gasteiger partial charge in [0.2, 0.25) is 10.0 Å². The first kappa shape index (κ1) is 17.3. The van der Waals surface area contributed by atoms with Crippen LogP contribution < -0.4 is 0 Å². The number of benzene rings is 1. The summed E-state index contributed by atoms with van der Waals surface area (Å²) in [6, 6.07) is 3.11. The van der Waals surface area contributed by atoms with E-state index in [4.69, 9.17) is 0 Å². The van der Waals surface area contributed by atoms with Gasteiger partial charge in [-0.1, -0.05) is 19.4 Å². The van der Waals surface area contributed by atoms with Crippen molar-refractivity contribution in [1.29, 1.82) is 0 Å². The maximum absolute atomic E-state index is 13.0. The Labute approximate surface area is 129 Å². The topological polar surface area (TPSA) is 37.4 Å². The van der Waals surface area contributed by atoms with Crippen LogP contribution in [0.1, 0.15) is 43.7 Å². The summed E-state index contributed by atoms with van der Waals surface area (Å²) in [6.07, 6.45) is -1.44. The fraction of sp³-hybridized carbons (Fsp3) is 0.600. The van der Waals surface area contributed by atoms with Gasteiger partial charge in [-0.15, -0.1) is 0 Å². The smallest absolute Gasteiger partial charge is 0.207 e. The van der Waals surface area contributed by atoms with E-state index in [1.807, 2.05) is 6.92 Å². The third-order valence-electron chi connectivity index (χ3n) is 4.17. The maximum Gasteiger partial charge on any atom is 0.416 e. The van der Waals surface area contributed by atoms with Gasteiger partial charge in [-0.3, -0.25) is 0 Å². The third-order valence-corrected chi connectivity index (χ3v) is 6.11. The molecule has 0 bridgehead atoms. The molecule has 1 atom stereocenters. The number of sulfonamides is 1. The van der Waals surface area contributed by atoms with Crippen molar-refractivity contribution in [3.8, 4) is 0 Å². The molecule has 1 aromatic carbocycles. The summed E-state index contributed by atoms with van der Waals surface area (Å²) in [5.41, 5.74) is -0.865. The highest BCUT2D eigenvalue weighted by Gasteiger charge is 2.36. The van der Waals surface area contributed by atoms with Crippen molar-refractivity contribution in [3.63, 3.8) is 0 Å². The fourth-order valence-electron chi connectivity index (χ4n) is 2.90. The van der Waals surface area contributed by atoms with Crippen molar-refractivity contribution in [1.82, 2.24) is 4.31 Å². The van der Waals surface area contributed by atoms with Crippen molar-refractivity contribution >= 4 is 10.0 Å². The van der Waals surface area contributed by atoms with Crippen LogP contribution in [0.2, 0.25) is 0 Å². The minimum absolute atomic E-state index is 0.0251. The number of rotatable bonds is 3. The molecular formula is C15H20F3NO2S. The van der Waals surface area contributed by atoms with Gasteiger partial charge >= 0.3 is 6.18 Å². The summed E-state index contributed by atoms with van der Waals surface area (Å²) in [5, 5.41) is 0. The third kappa shape index (κ3) is 3.30. The van der Waals surface area contributed by atoms with Gasteiger partial charge in [0.15, 0.2) is 0 Å². The average Bonchev–Trinajstić information content (AvgIpc) is 2.46. The molecule has 0 radical (unpaired) electrons. The molecule has 3 nitrogen and oxygen atoms in total. The van der Waals surface area contributed by atoms with Gasteiger partial charge in [0, 0.05) is 12.6 Å². The van der Waals surface area contributed by atoms with E-state index in [0.717, 1.165) is 25.3 Å². The van der Waals surface area contributed by atoms with E-state index in [-0.39, 0.29) is 16.5 Å². The Kier molecular flexibility index (Phi) is 4.87. The Hall–Kier alpha value is -1.08. The molecule has 0 amide bonds. The van der Waals surface area contributed by atoms with Crippen LogP contribution in [0.3, 0.4) is 0 Å². The highest BCUT2D eigenvalue weighted by Crippen LogP contribution is 2.35. The van der Waals surface area contributed by atoms with E-state index in [0.29, 0.717) is 13.0 Å². The second-order valence-corrected chi connectivity index (χ2v) is 7.54. The monoisotopic (exact) mass is 335 g/mol. The number of alkyl halides is 3. The Morgan fingerprint density at radius 1 is 1.27 bits per heavy atom. The highest BCUT2D eigenvalue weighted by atomic mass is 32.2. The molecule has 1 aliphatic rings. The van der Waals surface area contributed by atoms with Gasteiger partial charge in [-0.25, -0.2) is 8.42 Å². The van der Waals surface area contributed by atoms with Gasteiger partial charge < -0.3 is 0 Å². The highest BCUT2D eigenvalue weighted by molar-refractivity contribution is 7.89.